The van der Waals surface area contributed by atoms with Crippen LogP contribution >= 0.6 is 0 Å². The molecule has 1 aliphatic carbocycles. The average Bonchev–Trinajstić information content (AvgIpc) is 2.96. The molecule has 5 heteroatoms. The van der Waals surface area contributed by atoms with Crippen LogP contribution in [0, 0.1) is 5.92 Å². The van der Waals surface area contributed by atoms with Crippen molar-refractivity contribution in [3.05, 3.63) is 0 Å². The van der Waals surface area contributed by atoms with Gasteiger partial charge in [0.05, 0.1) is 6.42 Å². The summed E-state index contributed by atoms with van der Waals surface area (Å²) in [5, 5.41) is 11.3. The third kappa shape index (κ3) is 4.18. The molecule has 0 radical (unpaired) electrons. The predicted octanol–water partition coefficient (Wildman–Crippen LogP) is 0.901. The number of amides is 2. The van der Waals surface area contributed by atoms with Gasteiger partial charge >= 0.3 is 12.0 Å². The van der Waals surface area contributed by atoms with Gasteiger partial charge in [0, 0.05) is 19.6 Å². The summed E-state index contributed by atoms with van der Waals surface area (Å²) in [5.74, 6) is -0.272. The zero-order valence-corrected chi connectivity index (χ0v) is 9.19. The van der Waals surface area contributed by atoms with Gasteiger partial charge in [0.2, 0.25) is 0 Å². The molecule has 86 valence electrons. The Morgan fingerprint density at radius 3 is 2.60 bits per heavy atom. The second kappa shape index (κ2) is 5.00. The highest BCUT2D eigenvalue weighted by Gasteiger charge is 2.29. The number of nitrogens with one attached hydrogen (secondary N) is 1. The molecule has 0 aromatic heterocycles. The summed E-state index contributed by atoms with van der Waals surface area (Å²) in [5.41, 5.74) is 0. The number of rotatable bonds is 5. The third-order valence-corrected chi connectivity index (χ3v) is 2.69. The van der Waals surface area contributed by atoms with Crippen molar-refractivity contribution >= 4 is 12.0 Å². The number of carboxylic acids is 1. The first-order chi connectivity index (χ1) is 7.00. The lowest BCUT2D eigenvalue weighted by molar-refractivity contribution is -0.137. The monoisotopic (exact) mass is 214 g/mol. The molecule has 5 nitrogen and oxygen atoms in total. The fourth-order valence-corrected chi connectivity index (χ4v) is 1.38. The van der Waals surface area contributed by atoms with Crippen LogP contribution in [0.4, 0.5) is 4.79 Å². The molecule has 0 aliphatic heterocycles. The Morgan fingerprint density at radius 1 is 1.53 bits per heavy atom. The minimum atomic E-state index is -0.884. The van der Waals surface area contributed by atoms with E-state index >= 15 is 0 Å². The summed E-state index contributed by atoms with van der Waals surface area (Å²) in [6.07, 6.45) is 2.35. The molecule has 1 saturated carbocycles. The maximum absolute atomic E-state index is 11.5. The van der Waals surface area contributed by atoms with E-state index in [1.807, 2.05) is 6.92 Å². The molecule has 1 unspecified atom stereocenters. The number of carbonyl (C=O) groups is 2. The van der Waals surface area contributed by atoms with Crippen molar-refractivity contribution in [1.82, 2.24) is 10.2 Å². The summed E-state index contributed by atoms with van der Waals surface area (Å²) in [7, 11) is 1.61. The quantitative estimate of drug-likeness (QED) is 0.714. The predicted molar refractivity (Wildman–Crippen MR) is 55.6 cm³/mol. The van der Waals surface area contributed by atoms with Crippen LogP contribution in [0.3, 0.4) is 0 Å². The number of carbonyl (C=O) groups excluding carboxylic acids is 1. The van der Waals surface area contributed by atoms with E-state index in [1.165, 1.54) is 17.7 Å². The van der Waals surface area contributed by atoms with Crippen LogP contribution < -0.4 is 5.32 Å². The molecule has 2 N–H and O–H groups in total. The average molecular weight is 214 g/mol. The maximum Gasteiger partial charge on any atom is 0.317 e. The normalized spacial score (nSPS) is 16.9. The molecule has 1 fully saturated rings. The minimum absolute atomic E-state index is 0.0122. The van der Waals surface area contributed by atoms with Crippen LogP contribution in [-0.4, -0.2) is 41.6 Å². The Hall–Kier alpha value is -1.26. The molecular weight excluding hydrogens is 196 g/mol. The summed E-state index contributed by atoms with van der Waals surface area (Å²) in [6, 6.07) is 0.0143. The van der Waals surface area contributed by atoms with E-state index in [2.05, 4.69) is 5.32 Å². The molecule has 0 heterocycles. The van der Waals surface area contributed by atoms with Crippen molar-refractivity contribution in [2.45, 2.75) is 32.2 Å². The molecule has 0 spiro atoms. The number of carboxylic acid groups (broad SMARTS) is 1. The second-order valence-corrected chi connectivity index (χ2v) is 4.14. The van der Waals surface area contributed by atoms with Crippen LogP contribution in [0.25, 0.3) is 0 Å². The minimum Gasteiger partial charge on any atom is -0.481 e. The van der Waals surface area contributed by atoms with Crippen molar-refractivity contribution in [3.63, 3.8) is 0 Å². The van der Waals surface area contributed by atoms with E-state index in [0.717, 1.165) is 0 Å². The van der Waals surface area contributed by atoms with E-state index in [-0.39, 0.29) is 25.0 Å². The van der Waals surface area contributed by atoms with Crippen LogP contribution in [0.5, 0.6) is 0 Å². The molecule has 0 bridgehead atoms. The van der Waals surface area contributed by atoms with Gasteiger partial charge in [-0.15, -0.1) is 0 Å². The van der Waals surface area contributed by atoms with Crippen LogP contribution in [0.15, 0.2) is 0 Å². The Balaban J connectivity index is 2.22. The zero-order chi connectivity index (χ0) is 11.4. The van der Waals surface area contributed by atoms with Crippen molar-refractivity contribution in [2.24, 2.45) is 5.92 Å². The summed E-state index contributed by atoms with van der Waals surface area (Å²) >= 11 is 0. The van der Waals surface area contributed by atoms with Crippen LogP contribution in [0.1, 0.15) is 26.2 Å². The molecule has 1 rings (SSSR count). The second-order valence-electron chi connectivity index (χ2n) is 4.14. The molecule has 0 saturated heterocycles. The first-order valence-electron chi connectivity index (χ1n) is 5.24. The molecule has 0 aromatic carbocycles. The number of hydrogen-bond donors (Lipinski definition) is 2. The van der Waals surface area contributed by atoms with Gasteiger partial charge in [-0.2, -0.15) is 0 Å². The zero-order valence-electron chi connectivity index (χ0n) is 9.19. The summed E-state index contributed by atoms with van der Waals surface area (Å²) < 4.78 is 0. The van der Waals surface area contributed by atoms with E-state index in [4.69, 9.17) is 5.11 Å². The molecule has 0 aromatic rings. The van der Waals surface area contributed by atoms with Crippen LogP contribution in [0.2, 0.25) is 0 Å². The fraction of sp³-hybridized carbons (Fsp3) is 0.800. The van der Waals surface area contributed by atoms with Gasteiger partial charge in [-0.05, 0) is 25.7 Å². The van der Waals surface area contributed by atoms with Gasteiger partial charge < -0.3 is 15.3 Å². The van der Waals surface area contributed by atoms with Crippen molar-refractivity contribution in [3.8, 4) is 0 Å². The Kier molecular flexibility index (Phi) is 3.94. The van der Waals surface area contributed by atoms with Gasteiger partial charge in [0.1, 0.15) is 0 Å². The molecule has 2 amide bonds. The molecule has 15 heavy (non-hydrogen) atoms. The van der Waals surface area contributed by atoms with Crippen molar-refractivity contribution < 1.29 is 14.7 Å². The molecular formula is C10H18N2O3. The lowest BCUT2D eigenvalue weighted by Gasteiger charge is -2.20. The van der Waals surface area contributed by atoms with Crippen molar-refractivity contribution in [2.75, 3.05) is 13.6 Å². The first-order valence-corrected chi connectivity index (χ1v) is 5.24. The standard InChI is InChI=1S/C10H18N2O3/c1-7(8-3-4-8)11-10(15)12(2)6-5-9(13)14/h7-8H,3-6H2,1-2H3,(H,11,15)(H,13,14). The fourth-order valence-electron chi connectivity index (χ4n) is 1.38. The lowest BCUT2D eigenvalue weighted by Crippen LogP contribution is -2.43. The number of urea groups is 1. The van der Waals surface area contributed by atoms with E-state index in [9.17, 15) is 9.59 Å². The smallest absolute Gasteiger partial charge is 0.317 e. The topological polar surface area (TPSA) is 69.6 Å². The van der Waals surface area contributed by atoms with Gasteiger partial charge in [0.25, 0.3) is 0 Å². The Labute approximate surface area is 89.4 Å². The number of nitrogens with zero attached hydrogens (tertiary/aromatic N) is 1. The SMILES string of the molecule is CC(NC(=O)N(C)CCC(=O)O)C1CC1. The highest BCUT2D eigenvalue weighted by Crippen LogP contribution is 2.32. The highest BCUT2D eigenvalue weighted by atomic mass is 16.4. The van der Waals surface area contributed by atoms with Gasteiger partial charge in [0.15, 0.2) is 0 Å². The van der Waals surface area contributed by atoms with Crippen molar-refractivity contribution in [1.29, 1.82) is 0 Å². The summed E-state index contributed by atoms with van der Waals surface area (Å²) in [4.78, 5) is 23.2. The van der Waals surface area contributed by atoms with E-state index < -0.39 is 5.97 Å². The lowest BCUT2D eigenvalue weighted by atomic mass is 10.2. The largest absolute Gasteiger partial charge is 0.481 e. The van der Waals surface area contributed by atoms with Gasteiger partial charge in [-0.3, -0.25) is 4.79 Å². The number of aliphatic carboxylic acids is 1. The molecule has 1 atom stereocenters. The third-order valence-electron chi connectivity index (χ3n) is 2.69. The summed E-state index contributed by atoms with van der Waals surface area (Å²) in [6.45, 7) is 2.24. The highest BCUT2D eigenvalue weighted by molar-refractivity contribution is 5.75. The van der Waals surface area contributed by atoms with Gasteiger partial charge in [-0.25, -0.2) is 4.79 Å². The molecule has 1 aliphatic rings. The maximum atomic E-state index is 11.5. The first kappa shape index (κ1) is 11.8. The van der Waals surface area contributed by atoms with Crippen LogP contribution in [-0.2, 0) is 4.79 Å². The van der Waals surface area contributed by atoms with Gasteiger partial charge in [-0.1, -0.05) is 0 Å². The Morgan fingerprint density at radius 2 is 2.13 bits per heavy atom. The number of hydrogen-bond acceptors (Lipinski definition) is 2. The Bertz CT molecular complexity index is 251. The van der Waals surface area contributed by atoms with E-state index in [1.54, 1.807) is 7.05 Å². The van der Waals surface area contributed by atoms with E-state index in [0.29, 0.717) is 5.92 Å².